The van der Waals surface area contributed by atoms with Gasteiger partial charge in [0, 0.05) is 44.6 Å². The maximum atomic E-state index is 2.73. The van der Waals surface area contributed by atoms with Gasteiger partial charge < -0.3 is 9.71 Å². The van der Waals surface area contributed by atoms with Crippen LogP contribution in [0.5, 0.6) is 0 Å². The highest BCUT2D eigenvalue weighted by Crippen LogP contribution is 2.60. The molecule has 0 atom stereocenters. The molecule has 1 aliphatic carbocycles. The number of fused-ring (bicyclic) bond motifs is 10. The Bertz CT molecular complexity index is 3130. The fourth-order valence-electron chi connectivity index (χ4n) is 11.5. The predicted octanol–water partition coefficient (Wildman–Crippen LogP) is 14.0. The molecule has 0 amide bonds. The van der Waals surface area contributed by atoms with E-state index in [0.717, 1.165) is 0 Å². The summed E-state index contributed by atoms with van der Waals surface area (Å²) in [5, 5.41) is 0. The fraction of sp³-hybridized carbons (Fsp3) is 0.172. The van der Waals surface area contributed by atoms with E-state index in [2.05, 4.69) is 228 Å². The average molecular weight is 785 g/mol. The van der Waals surface area contributed by atoms with Gasteiger partial charge in [-0.3, -0.25) is 0 Å². The Kier molecular flexibility index (Phi) is 7.43. The molecule has 0 saturated carbocycles. The zero-order valence-corrected chi connectivity index (χ0v) is 36.1. The molecule has 0 fully saturated rings. The molecule has 0 saturated heterocycles. The van der Waals surface area contributed by atoms with E-state index in [1.54, 1.807) is 0 Å². The Labute approximate surface area is 361 Å². The van der Waals surface area contributed by atoms with Crippen molar-refractivity contribution in [2.75, 3.05) is 9.71 Å². The minimum Gasteiger partial charge on any atom is -0.376 e. The molecular weight excluding hydrogens is 735 g/mol. The lowest BCUT2D eigenvalue weighted by Gasteiger charge is -2.51. The van der Waals surface area contributed by atoms with E-state index in [1.807, 2.05) is 0 Å². The first-order valence-electron chi connectivity index (χ1n) is 22.0. The molecule has 0 spiro atoms. The smallest absolute Gasteiger partial charge is 0.333 e. The van der Waals surface area contributed by atoms with Crippen molar-refractivity contribution in [3.8, 4) is 44.5 Å². The summed E-state index contributed by atoms with van der Waals surface area (Å²) >= 11 is 0. The highest BCUT2D eigenvalue weighted by molar-refractivity contribution is 6.94. The Hall–Kier alpha value is -6.58. The molecule has 0 aromatic heterocycles. The van der Waals surface area contributed by atoms with E-state index in [-0.39, 0.29) is 23.1 Å². The molecule has 3 heteroatoms. The Morgan fingerprint density at radius 3 is 1.82 bits per heavy atom. The maximum absolute atomic E-state index is 2.73. The predicted molar refractivity (Wildman–Crippen MR) is 259 cm³/mol. The van der Waals surface area contributed by atoms with Crippen molar-refractivity contribution < 1.29 is 0 Å². The second kappa shape index (κ2) is 12.5. The number of anilines is 5. The largest absolute Gasteiger partial charge is 0.376 e. The number of para-hydroxylation sites is 2. The minimum absolute atomic E-state index is 0.0274. The van der Waals surface area contributed by atoms with Crippen molar-refractivity contribution >= 4 is 46.2 Å². The summed E-state index contributed by atoms with van der Waals surface area (Å²) < 4.78 is 0. The summed E-state index contributed by atoms with van der Waals surface area (Å²) in [5.41, 5.74) is 25.7. The van der Waals surface area contributed by atoms with Crippen molar-refractivity contribution in [1.29, 1.82) is 0 Å². The lowest BCUT2D eigenvalue weighted by Crippen LogP contribution is -2.63. The van der Waals surface area contributed by atoms with Crippen LogP contribution < -0.4 is 20.6 Å². The third-order valence-electron chi connectivity index (χ3n) is 14.6. The summed E-state index contributed by atoms with van der Waals surface area (Å²) in [6.45, 7) is 16.6. The molecule has 3 heterocycles. The lowest BCUT2D eigenvalue weighted by molar-refractivity contribution is 0.590. The first-order valence-corrected chi connectivity index (χ1v) is 22.0. The molecule has 3 aliphatic heterocycles. The van der Waals surface area contributed by atoms with Gasteiger partial charge in [0.1, 0.15) is 0 Å². The van der Waals surface area contributed by atoms with Crippen molar-refractivity contribution in [3.05, 3.63) is 198 Å². The standard InChI is InChI=1S/C58H49BN2/c1-56(2,3)39-29-32-49(42(35-39)37-21-12-9-13-22-37)60-51-34-38(36-19-10-8-11-20-36)33-43-40-24-18-27-47-54(40)61(50-28-17-16-26-45(50)58(47,6)7)59(53(43)51)48-31-30-46-52(55(48)60)41-23-14-15-25-44(41)57(46,4)5/h8-35H,1-7H3. The first kappa shape index (κ1) is 36.3. The monoisotopic (exact) mass is 784 g/mol. The van der Waals surface area contributed by atoms with Crippen LogP contribution in [-0.4, -0.2) is 6.85 Å². The number of hydrogen-bond acceptors (Lipinski definition) is 2. The Morgan fingerprint density at radius 1 is 0.426 bits per heavy atom. The number of hydrogen-bond donors (Lipinski definition) is 0. The number of benzene rings is 8. The van der Waals surface area contributed by atoms with E-state index in [0.29, 0.717) is 0 Å². The molecule has 61 heavy (non-hydrogen) atoms. The molecule has 0 bridgehead atoms. The second-order valence-electron chi connectivity index (χ2n) is 19.7. The van der Waals surface area contributed by atoms with Gasteiger partial charge in [-0.2, -0.15) is 0 Å². The van der Waals surface area contributed by atoms with Gasteiger partial charge in [0.15, 0.2) is 0 Å². The minimum atomic E-state index is -0.181. The van der Waals surface area contributed by atoms with Crippen LogP contribution in [0, 0.1) is 0 Å². The van der Waals surface area contributed by atoms with Crippen LogP contribution in [0.15, 0.2) is 170 Å². The molecule has 294 valence electrons. The van der Waals surface area contributed by atoms with Crippen LogP contribution in [0.4, 0.5) is 28.4 Å². The molecule has 2 nitrogen and oxygen atoms in total. The van der Waals surface area contributed by atoms with Gasteiger partial charge >= 0.3 is 6.85 Å². The zero-order chi connectivity index (χ0) is 41.6. The van der Waals surface area contributed by atoms with Crippen LogP contribution in [0.25, 0.3) is 44.5 Å². The van der Waals surface area contributed by atoms with Gasteiger partial charge in [-0.15, -0.1) is 0 Å². The van der Waals surface area contributed by atoms with E-state index < -0.39 is 0 Å². The van der Waals surface area contributed by atoms with Crippen LogP contribution in [0.3, 0.4) is 0 Å². The third-order valence-corrected chi connectivity index (χ3v) is 14.6. The summed E-state index contributed by atoms with van der Waals surface area (Å²) in [5.74, 6) is 0. The van der Waals surface area contributed by atoms with Gasteiger partial charge in [-0.05, 0) is 102 Å². The van der Waals surface area contributed by atoms with E-state index in [4.69, 9.17) is 0 Å². The van der Waals surface area contributed by atoms with Crippen LogP contribution in [0.2, 0.25) is 0 Å². The fourth-order valence-corrected chi connectivity index (χ4v) is 11.5. The SMILES string of the molecule is CC(C)(C)c1ccc(N2c3cc(-c4ccccc4)cc4c3B(c3ccc5c(c32)-c2ccccc2C5(C)C)N2c3ccccc3C(C)(C)c3cccc-4c32)c(-c2ccccc2)c1. The Balaban J connectivity index is 1.28. The summed E-state index contributed by atoms with van der Waals surface area (Å²) in [6.07, 6.45) is 0. The third kappa shape index (κ3) is 4.92. The van der Waals surface area contributed by atoms with Crippen LogP contribution in [0.1, 0.15) is 76.3 Å². The number of rotatable bonds is 3. The van der Waals surface area contributed by atoms with Gasteiger partial charge in [0.05, 0.1) is 11.4 Å². The molecule has 8 aromatic carbocycles. The molecule has 0 N–H and O–H groups in total. The first-order chi connectivity index (χ1) is 29.4. The number of nitrogens with zero attached hydrogens (tertiary/aromatic N) is 2. The van der Waals surface area contributed by atoms with E-state index >= 15 is 0 Å². The molecule has 4 aliphatic rings. The zero-order valence-electron chi connectivity index (χ0n) is 36.1. The molecule has 0 unspecified atom stereocenters. The van der Waals surface area contributed by atoms with Crippen molar-refractivity contribution in [1.82, 2.24) is 0 Å². The van der Waals surface area contributed by atoms with Gasteiger partial charge in [0.2, 0.25) is 0 Å². The maximum Gasteiger partial charge on any atom is 0.333 e. The van der Waals surface area contributed by atoms with Gasteiger partial charge in [0.25, 0.3) is 0 Å². The Morgan fingerprint density at radius 2 is 1.07 bits per heavy atom. The summed E-state index contributed by atoms with van der Waals surface area (Å²) in [7, 11) is 0. The second-order valence-corrected chi connectivity index (χ2v) is 19.7. The van der Waals surface area contributed by atoms with E-state index in [1.165, 1.54) is 112 Å². The van der Waals surface area contributed by atoms with Gasteiger partial charge in [-0.1, -0.05) is 188 Å². The average Bonchev–Trinajstić information content (AvgIpc) is 3.51. The normalized spacial score (nSPS) is 15.6. The molecule has 0 radical (unpaired) electrons. The van der Waals surface area contributed by atoms with Crippen molar-refractivity contribution in [3.63, 3.8) is 0 Å². The van der Waals surface area contributed by atoms with Crippen molar-refractivity contribution in [2.24, 2.45) is 0 Å². The quantitative estimate of drug-likeness (QED) is 0.165. The van der Waals surface area contributed by atoms with E-state index in [9.17, 15) is 0 Å². The van der Waals surface area contributed by atoms with Crippen molar-refractivity contribution in [2.45, 2.75) is 64.7 Å². The molecular formula is C58H49BN2. The molecule has 12 rings (SSSR count). The highest BCUT2D eigenvalue weighted by atomic mass is 15.2. The summed E-state index contributed by atoms with van der Waals surface area (Å²) in [6, 6.07) is 64.7. The molecule has 8 aromatic rings. The van der Waals surface area contributed by atoms with Crippen LogP contribution in [-0.2, 0) is 16.2 Å². The van der Waals surface area contributed by atoms with Gasteiger partial charge in [-0.25, -0.2) is 0 Å². The van der Waals surface area contributed by atoms with Crippen LogP contribution >= 0.6 is 0 Å². The highest BCUT2D eigenvalue weighted by Gasteiger charge is 2.52. The summed E-state index contributed by atoms with van der Waals surface area (Å²) in [4.78, 5) is 5.42. The topological polar surface area (TPSA) is 6.48 Å². The lowest BCUT2D eigenvalue weighted by atomic mass is 9.42.